The van der Waals surface area contributed by atoms with Gasteiger partial charge in [-0.25, -0.2) is 0 Å². The van der Waals surface area contributed by atoms with Gasteiger partial charge in [-0.3, -0.25) is 0 Å². The highest BCUT2D eigenvalue weighted by molar-refractivity contribution is 4.78. The Morgan fingerprint density at radius 2 is 1.67 bits per heavy atom. The lowest BCUT2D eigenvalue weighted by molar-refractivity contribution is -0.284. The second kappa shape index (κ2) is 3.32. The molecule has 3 heteroatoms. The summed E-state index contributed by atoms with van der Waals surface area (Å²) in [7, 11) is 0. The van der Waals surface area contributed by atoms with Crippen LogP contribution in [0.2, 0.25) is 0 Å². The molecule has 0 atom stereocenters. The normalized spacial score (nSPS) is 27.0. The van der Waals surface area contributed by atoms with Gasteiger partial charge in [-0.2, -0.15) is 0 Å². The van der Waals surface area contributed by atoms with Crippen molar-refractivity contribution in [1.82, 2.24) is 0 Å². The summed E-state index contributed by atoms with van der Waals surface area (Å²) < 4.78 is 11.0. The molecule has 1 fully saturated rings. The van der Waals surface area contributed by atoms with Crippen molar-refractivity contribution in [2.24, 2.45) is 5.41 Å². The van der Waals surface area contributed by atoms with Crippen molar-refractivity contribution in [3.05, 3.63) is 0 Å². The van der Waals surface area contributed by atoms with Crippen molar-refractivity contribution in [2.45, 2.75) is 33.0 Å². The Bertz CT molecular complexity index is 144. The number of rotatable bonds is 2. The fraction of sp³-hybridized carbons (Fsp3) is 1.00. The molecule has 1 saturated heterocycles. The standard InChI is InChI=1S/C9H18O3/c1-8(2)11-6-9(3,4-5-10)7-12-8/h10H,4-7H2,1-3H3. The second-order valence-corrected chi connectivity index (χ2v) is 4.26. The Kier molecular flexibility index (Phi) is 2.76. The quantitative estimate of drug-likeness (QED) is 0.682. The van der Waals surface area contributed by atoms with E-state index >= 15 is 0 Å². The molecule has 0 radical (unpaired) electrons. The molecule has 1 aliphatic heterocycles. The Hall–Kier alpha value is -0.120. The molecule has 0 bridgehead atoms. The molecule has 0 aromatic carbocycles. The lowest BCUT2D eigenvalue weighted by Crippen LogP contribution is -2.45. The Morgan fingerprint density at radius 1 is 1.17 bits per heavy atom. The van der Waals surface area contributed by atoms with Gasteiger partial charge in [0.2, 0.25) is 0 Å². The summed E-state index contributed by atoms with van der Waals surface area (Å²) in [6, 6.07) is 0. The molecule has 1 aliphatic rings. The third kappa shape index (κ3) is 2.44. The average Bonchev–Trinajstić information content (AvgIpc) is 1.98. The monoisotopic (exact) mass is 174 g/mol. The number of aliphatic hydroxyl groups excluding tert-OH is 1. The molecule has 0 aromatic rings. The Balaban J connectivity index is 2.44. The van der Waals surface area contributed by atoms with Crippen LogP contribution < -0.4 is 0 Å². The van der Waals surface area contributed by atoms with Gasteiger partial charge >= 0.3 is 0 Å². The van der Waals surface area contributed by atoms with Crippen LogP contribution in [0.3, 0.4) is 0 Å². The first kappa shape index (κ1) is 9.96. The first-order chi connectivity index (χ1) is 5.47. The van der Waals surface area contributed by atoms with Crippen molar-refractivity contribution in [3.63, 3.8) is 0 Å². The summed E-state index contributed by atoms with van der Waals surface area (Å²) in [6.45, 7) is 7.42. The molecule has 0 aromatic heterocycles. The number of aliphatic hydroxyl groups is 1. The lowest BCUT2D eigenvalue weighted by atomic mass is 9.88. The van der Waals surface area contributed by atoms with E-state index in [0.29, 0.717) is 13.2 Å². The van der Waals surface area contributed by atoms with E-state index in [1.54, 1.807) is 0 Å². The smallest absolute Gasteiger partial charge is 0.162 e. The van der Waals surface area contributed by atoms with Crippen LogP contribution in [-0.4, -0.2) is 30.7 Å². The third-order valence-corrected chi connectivity index (χ3v) is 2.25. The van der Waals surface area contributed by atoms with Crippen molar-refractivity contribution in [2.75, 3.05) is 19.8 Å². The van der Waals surface area contributed by atoms with Gasteiger partial charge in [0.25, 0.3) is 0 Å². The van der Waals surface area contributed by atoms with Crippen LogP contribution in [0.5, 0.6) is 0 Å². The summed E-state index contributed by atoms with van der Waals surface area (Å²) >= 11 is 0. The molecule has 1 heterocycles. The van der Waals surface area contributed by atoms with E-state index in [1.807, 2.05) is 13.8 Å². The predicted molar refractivity (Wildman–Crippen MR) is 45.8 cm³/mol. The van der Waals surface area contributed by atoms with E-state index in [1.165, 1.54) is 0 Å². The molecule has 12 heavy (non-hydrogen) atoms. The molecule has 0 spiro atoms. The average molecular weight is 174 g/mol. The topological polar surface area (TPSA) is 38.7 Å². The van der Waals surface area contributed by atoms with Crippen LogP contribution >= 0.6 is 0 Å². The summed E-state index contributed by atoms with van der Waals surface area (Å²) in [4.78, 5) is 0. The highest BCUT2D eigenvalue weighted by Crippen LogP contribution is 2.31. The minimum absolute atomic E-state index is 0.00965. The molecule has 1 N–H and O–H groups in total. The molecule has 3 nitrogen and oxygen atoms in total. The van der Waals surface area contributed by atoms with Gasteiger partial charge in [-0.1, -0.05) is 6.92 Å². The zero-order chi connectivity index (χ0) is 9.24. The second-order valence-electron chi connectivity index (χ2n) is 4.26. The van der Waals surface area contributed by atoms with Gasteiger partial charge < -0.3 is 14.6 Å². The first-order valence-corrected chi connectivity index (χ1v) is 4.36. The van der Waals surface area contributed by atoms with E-state index in [0.717, 1.165) is 6.42 Å². The summed E-state index contributed by atoms with van der Waals surface area (Å²) in [5, 5.41) is 8.80. The fourth-order valence-electron chi connectivity index (χ4n) is 1.19. The highest BCUT2D eigenvalue weighted by Gasteiger charge is 2.35. The lowest BCUT2D eigenvalue weighted by Gasteiger charge is -2.41. The SMILES string of the molecule is CC1(CCO)COC(C)(C)OC1. The van der Waals surface area contributed by atoms with Crippen LogP contribution in [0.4, 0.5) is 0 Å². The molecule has 0 saturated carbocycles. The molecular weight excluding hydrogens is 156 g/mol. The van der Waals surface area contributed by atoms with Gasteiger partial charge in [-0.05, 0) is 20.3 Å². The largest absolute Gasteiger partial charge is 0.396 e. The zero-order valence-electron chi connectivity index (χ0n) is 8.09. The zero-order valence-corrected chi connectivity index (χ0v) is 8.09. The van der Waals surface area contributed by atoms with E-state index in [4.69, 9.17) is 14.6 Å². The number of ether oxygens (including phenoxy) is 2. The molecule has 72 valence electrons. The summed E-state index contributed by atoms with van der Waals surface area (Å²) in [6.07, 6.45) is 0.739. The van der Waals surface area contributed by atoms with Gasteiger partial charge in [0.1, 0.15) is 0 Å². The summed E-state index contributed by atoms with van der Waals surface area (Å²) in [5.41, 5.74) is -0.00965. The number of hydrogen-bond acceptors (Lipinski definition) is 3. The van der Waals surface area contributed by atoms with Crippen molar-refractivity contribution >= 4 is 0 Å². The maximum atomic E-state index is 8.80. The highest BCUT2D eigenvalue weighted by atomic mass is 16.7. The van der Waals surface area contributed by atoms with Gasteiger partial charge in [0, 0.05) is 12.0 Å². The van der Waals surface area contributed by atoms with Crippen molar-refractivity contribution in [3.8, 4) is 0 Å². The van der Waals surface area contributed by atoms with Gasteiger partial charge in [-0.15, -0.1) is 0 Å². The van der Waals surface area contributed by atoms with Crippen LogP contribution in [0, 0.1) is 5.41 Å². The van der Waals surface area contributed by atoms with Crippen molar-refractivity contribution in [1.29, 1.82) is 0 Å². The molecule has 1 rings (SSSR count). The van der Waals surface area contributed by atoms with Crippen LogP contribution in [0.25, 0.3) is 0 Å². The third-order valence-electron chi connectivity index (χ3n) is 2.25. The van der Waals surface area contributed by atoms with E-state index in [9.17, 15) is 0 Å². The minimum Gasteiger partial charge on any atom is -0.396 e. The minimum atomic E-state index is -0.449. The maximum absolute atomic E-state index is 8.80. The Morgan fingerprint density at radius 3 is 2.08 bits per heavy atom. The van der Waals surface area contributed by atoms with Crippen molar-refractivity contribution < 1.29 is 14.6 Å². The Labute approximate surface area is 73.7 Å². The molecular formula is C9H18O3. The van der Waals surface area contributed by atoms with E-state index in [-0.39, 0.29) is 12.0 Å². The number of hydrogen-bond donors (Lipinski definition) is 1. The molecule has 0 aliphatic carbocycles. The van der Waals surface area contributed by atoms with Gasteiger partial charge in [0.15, 0.2) is 5.79 Å². The summed E-state index contributed by atoms with van der Waals surface area (Å²) in [5.74, 6) is -0.449. The first-order valence-electron chi connectivity index (χ1n) is 4.36. The van der Waals surface area contributed by atoms with Crippen LogP contribution in [-0.2, 0) is 9.47 Å². The molecule has 0 unspecified atom stereocenters. The molecule has 0 amide bonds. The van der Waals surface area contributed by atoms with Gasteiger partial charge in [0.05, 0.1) is 13.2 Å². The fourth-order valence-corrected chi connectivity index (χ4v) is 1.19. The van der Waals surface area contributed by atoms with Crippen LogP contribution in [0.1, 0.15) is 27.2 Å². The van der Waals surface area contributed by atoms with Crippen LogP contribution in [0.15, 0.2) is 0 Å². The maximum Gasteiger partial charge on any atom is 0.162 e. The predicted octanol–water partition coefficient (Wildman–Crippen LogP) is 1.16. The van der Waals surface area contributed by atoms with E-state index < -0.39 is 5.79 Å². The van der Waals surface area contributed by atoms with E-state index in [2.05, 4.69) is 6.92 Å².